The Bertz CT molecular complexity index is 681. The quantitative estimate of drug-likeness (QED) is 0.676. The first-order chi connectivity index (χ1) is 9.09. The standard InChI is InChI=1S/C12H10Cl2N4O/c1-7(8-4-2-3-5-9(8)13)16-17-10-6-15-18-12(19)11(10)14/h2-6H,1H3,(H2,17,18,19)/b16-7-. The molecule has 0 amide bonds. The predicted octanol–water partition coefficient (Wildman–Crippen LogP) is 2.91. The molecule has 0 aliphatic carbocycles. The molecule has 1 aromatic carbocycles. The van der Waals surface area contributed by atoms with Crippen molar-refractivity contribution >= 4 is 34.6 Å². The van der Waals surface area contributed by atoms with E-state index in [2.05, 4.69) is 20.7 Å². The van der Waals surface area contributed by atoms with E-state index in [0.717, 1.165) is 5.56 Å². The van der Waals surface area contributed by atoms with Gasteiger partial charge in [-0.25, -0.2) is 5.10 Å². The van der Waals surface area contributed by atoms with Gasteiger partial charge in [-0.15, -0.1) is 0 Å². The number of hydrogen-bond acceptors (Lipinski definition) is 4. The monoisotopic (exact) mass is 296 g/mol. The molecule has 0 atom stereocenters. The molecule has 1 heterocycles. The molecule has 2 N–H and O–H groups in total. The van der Waals surface area contributed by atoms with Crippen LogP contribution in [-0.4, -0.2) is 15.9 Å². The third-order valence-electron chi connectivity index (χ3n) is 2.40. The summed E-state index contributed by atoms with van der Waals surface area (Å²) in [5, 5.41) is 10.6. The van der Waals surface area contributed by atoms with Crippen LogP contribution < -0.4 is 11.0 Å². The van der Waals surface area contributed by atoms with Crippen LogP contribution in [0.25, 0.3) is 0 Å². The van der Waals surface area contributed by atoms with Gasteiger partial charge in [0.25, 0.3) is 5.56 Å². The fourth-order valence-electron chi connectivity index (χ4n) is 1.42. The summed E-state index contributed by atoms with van der Waals surface area (Å²) < 4.78 is 0. The highest BCUT2D eigenvalue weighted by atomic mass is 35.5. The Labute approximate surface area is 119 Å². The highest BCUT2D eigenvalue weighted by Crippen LogP contribution is 2.17. The van der Waals surface area contributed by atoms with Crippen LogP contribution in [0.3, 0.4) is 0 Å². The lowest BCUT2D eigenvalue weighted by Crippen LogP contribution is -2.10. The average molecular weight is 297 g/mol. The van der Waals surface area contributed by atoms with Crippen LogP contribution in [0.4, 0.5) is 5.69 Å². The number of benzene rings is 1. The summed E-state index contributed by atoms with van der Waals surface area (Å²) in [6.45, 7) is 1.79. The minimum atomic E-state index is -0.475. The molecule has 5 nitrogen and oxygen atoms in total. The van der Waals surface area contributed by atoms with Gasteiger partial charge >= 0.3 is 0 Å². The van der Waals surface area contributed by atoms with E-state index in [-0.39, 0.29) is 5.02 Å². The van der Waals surface area contributed by atoms with Crippen LogP contribution in [0.5, 0.6) is 0 Å². The van der Waals surface area contributed by atoms with Crippen LogP contribution in [0.15, 0.2) is 40.4 Å². The van der Waals surface area contributed by atoms with E-state index in [9.17, 15) is 4.79 Å². The average Bonchev–Trinajstić information content (AvgIpc) is 2.40. The summed E-state index contributed by atoms with van der Waals surface area (Å²) in [7, 11) is 0. The minimum absolute atomic E-state index is 0.00529. The van der Waals surface area contributed by atoms with Gasteiger partial charge in [0.2, 0.25) is 0 Å². The first kappa shape index (κ1) is 13.6. The maximum Gasteiger partial charge on any atom is 0.285 e. The summed E-state index contributed by atoms with van der Waals surface area (Å²) in [4.78, 5) is 11.2. The summed E-state index contributed by atoms with van der Waals surface area (Å²) in [6, 6.07) is 7.32. The third-order valence-corrected chi connectivity index (χ3v) is 3.11. The molecule has 0 saturated heterocycles. The van der Waals surface area contributed by atoms with E-state index in [0.29, 0.717) is 16.4 Å². The Morgan fingerprint density at radius 3 is 2.84 bits per heavy atom. The predicted molar refractivity (Wildman–Crippen MR) is 77.2 cm³/mol. The molecule has 0 aliphatic rings. The largest absolute Gasteiger partial charge is 0.285 e. The molecule has 98 valence electrons. The van der Waals surface area contributed by atoms with Gasteiger partial charge in [0.15, 0.2) is 0 Å². The SMILES string of the molecule is C/C(=N/Nc1cn[nH]c(=O)c1Cl)c1ccccc1Cl. The number of hydrogen-bond donors (Lipinski definition) is 2. The van der Waals surface area contributed by atoms with Gasteiger partial charge in [-0.1, -0.05) is 41.4 Å². The number of H-pyrrole nitrogens is 1. The van der Waals surface area contributed by atoms with Gasteiger partial charge in [-0.05, 0) is 13.0 Å². The maximum absolute atomic E-state index is 11.2. The molecule has 0 unspecified atom stereocenters. The van der Waals surface area contributed by atoms with Crippen molar-refractivity contribution in [1.82, 2.24) is 10.2 Å². The van der Waals surface area contributed by atoms with Crippen LogP contribution >= 0.6 is 23.2 Å². The first-order valence-corrected chi connectivity index (χ1v) is 6.13. The normalized spacial score (nSPS) is 11.4. The lowest BCUT2D eigenvalue weighted by molar-refractivity contribution is 0.986. The summed E-state index contributed by atoms with van der Waals surface area (Å²) in [5.41, 5.74) is 4.02. The molecule has 1 aromatic heterocycles. The Hall–Kier alpha value is -1.85. The zero-order valence-corrected chi connectivity index (χ0v) is 11.5. The van der Waals surface area contributed by atoms with E-state index in [1.165, 1.54) is 6.20 Å². The number of nitrogens with one attached hydrogen (secondary N) is 2. The molecule has 0 radical (unpaired) electrons. The second-order valence-corrected chi connectivity index (χ2v) is 4.50. The molecule has 0 saturated carbocycles. The Morgan fingerprint density at radius 1 is 1.37 bits per heavy atom. The van der Waals surface area contributed by atoms with Gasteiger partial charge in [-0.3, -0.25) is 10.2 Å². The minimum Gasteiger partial charge on any atom is -0.275 e. The van der Waals surface area contributed by atoms with E-state index < -0.39 is 5.56 Å². The first-order valence-electron chi connectivity index (χ1n) is 5.38. The van der Waals surface area contributed by atoms with Crippen LogP contribution in [0.1, 0.15) is 12.5 Å². The van der Waals surface area contributed by atoms with Gasteiger partial charge in [0.1, 0.15) is 10.7 Å². The van der Waals surface area contributed by atoms with Crippen LogP contribution in [-0.2, 0) is 0 Å². The number of anilines is 1. The van der Waals surface area contributed by atoms with E-state index in [1.54, 1.807) is 13.0 Å². The number of rotatable bonds is 3. The zero-order chi connectivity index (χ0) is 13.8. The van der Waals surface area contributed by atoms with Crippen molar-refractivity contribution in [3.8, 4) is 0 Å². The fourth-order valence-corrected chi connectivity index (χ4v) is 1.83. The van der Waals surface area contributed by atoms with Crippen molar-refractivity contribution < 1.29 is 0 Å². The summed E-state index contributed by atoms with van der Waals surface area (Å²) in [6.07, 6.45) is 1.38. The number of nitrogens with zero attached hydrogens (tertiary/aromatic N) is 2. The molecule has 0 aliphatic heterocycles. The van der Waals surface area contributed by atoms with Crippen molar-refractivity contribution in [2.24, 2.45) is 5.10 Å². The van der Waals surface area contributed by atoms with Crippen molar-refractivity contribution in [2.45, 2.75) is 6.92 Å². The van der Waals surface area contributed by atoms with Crippen molar-refractivity contribution in [3.05, 3.63) is 56.4 Å². The molecular formula is C12H10Cl2N4O. The third kappa shape index (κ3) is 3.13. The summed E-state index contributed by atoms with van der Waals surface area (Å²) >= 11 is 11.9. The molecule has 2 aromatic rings. The molecule has 0 spiro atoms. The number of aromatic amines is 1. The van der Waals surface area contributed by atoms with Gasteiger partial charge in [0.05, 0.1) is 11.9 Å². The second-order valence-electron chi connectivity index (χ2n) is 3.72. The Balaban J connectivity index is 2.26. The van der Waals surface area contributed by atoms with Crippen molar-refractivity contribution in [3.63, 3.8) is 0 Å². The highest BCUT2D eigenvalue weighted by molar-refractivity contribution is 6.34. The van der Waals surface area contributed by atoms with Crippen molar-refractivity contribution in [1.29, 1.82) is 0 Å². The Morgan fingerprint density at radius 2 is 2.11 bits per heavy atom. The molecule has 19 heavy (non-hydrogen) atoms. The summed E-state index contributed by atoms with van der Waals surface area (Å²) in [5.74, 6) is 0. The molecule has 2 rings (SSSR count). The van der Waals surface area contributed by atoms with Crippen LogP contribution in [0.2, 0.25) is 10.0 Å². The van der Waals surface area contributed by atoms with Crippen LogP contribution in [0, 0.1) is 0 Å². The smallest absolute Gasteiger partial charge is 0.275 e. The topological polar surface area (TPSA) is 70.1 Å². The number of hydrazone groups is 1. The van der Waals surface area contributed by atoms with Crippen molar-refractivity contribution in [2.75, 3.05) is 5.43 Å². The maximum atomic E-state index is 11.2. The lowest BCUT2D eigenvalue weighted by Gasteiger charge is -2.05. The molecule has 7 heteroatoms. The lowest BCUT2D eigenvalue weighted by atomic mass is 10.1. The number of aromatic nitrogens is 2. The highest BCUT2D eigenvalue weighted by Gasteiger charge is 2.05. The van der Waals surface area contributed by atoms with Gasteiger partial charge < -0.3 is 0 Å². The van der Waals surface area contributed by atoms with Gasteiger partial charge in [-0.2, -0.15) is 10.2 Å². The Kier molecular flexibility index (Phi) is 4.19. The van der Waals surface area contributed by atoms with E-state index in [1.807, 2.05) is 18.2 Å². The molecule has 0 fully saturated rings. The number of halogens is 2. The van der Waals surface area contributed by atoms with E-state index in [4.69, 9.17) is 23.2 Å². The zero-order valence-electron chi connectivity index (χ0n) is 9.95. The molecular weight excluding hydrogens is 287 g/mol. The second kappa shape index (κ2) is 5.86. The van der Waals surface area contributed by atoms with E-state index >= 15 is 0 Å². The van der Waals surface area contributed by atoms with Gasteiger partial charge in [0, 0.05) is 10.6 Å². The molecule has 0 bridgehead atoms. The fraction of sp³-hybridized carbons (Fsp3) is 0.0833.